The molecule has 234 valence electrons. The number of aliphatic hydroxyl groups is 1. The summed E-state index contributed by atoms with van der Waals surface area (Å²) in [6.45, 7) is 6.79. The summed E-state index contributed by atoms with van der Waals surface area (Å²) < 4.78 is 27.1. The van der Waals surface area contributed by atoms with Crippen molar-refractivity contribution in [2.75, 3.05) is 18.6 Å². The molecule has 0 saturated carbocycles. The second kappa shape index (κ2) is 13.0. The van der Waals surface area contributed by atoms with E-state index in [9.17, 15) is 19.8 Å². The average Bonchev–Trinajstić information content (AvgIpc) is 3.41. The third kappa shape index (κ3) is 6.76. The number of carboxylic acid groups (broad SMARTS) is 1. The van der Waals surface area contributed by atoms with Crippen molar-refractivity contribution in [3.63, 3.8) is 0 Å². The van der Waals surface area contributed by atoms with E-state index in [-0.39, 0.29) is 23.7 Å². The van der Waals surface area contributed by atoms with E-state index in [1.165, 1.54) is 56.0 Å². The van der Waals surface area contributed by atoms with Gasteiger partial charge in [-0.05, 0) is 57.5 Å². The number of methoxy groups -OCH3 is 1. The monoisotopic (exact) mass is 634 g/mol. The van der Waals surface area contributed by atoms with Crippen molar-refractivity contribution in [1.29, 1.82) is 0 Å². The van der Waals surface area contributed by atoms with Gasteiger partial charge in [-0.15, -0.1) is 11.3 Å². The Bertz CT molecular complexity index is 1880. The van der Waals surface area contributed by atoms with Gasteiger partial charge in [-0.1, -0.05) is 0 Å². The molecule has 3 aromatic heterocycles. The number of aromatic nitrogens is 4. The lowest BCUT2D eigenvalue weighted by Gasteiger charge is -2.31. The van der Waals surface area contributed by atoms with Crippen molar-refractivity contribution in [3.05, 3.63) is 65.9 Å². The number of aryl methyl sites for hydroxylation is 1. The van der Waals surface area contributed by atoms with Gasteiger partial charge in [0, 0.05) is 24.2 Å². The first-order valence-electron chi connectivity index (χ1n) is 14.0. The Balaban J connectivity index is 1.38. The number of rotatable bonds is 10. The van der Waals surface area contributed by atoms with E-state index in [2.05, 4.69) is 25.3 Å². The molecule has 0 fully saturated rings. The van der Waals surface area contributed by atoms with Crippen molar-refractivity contribution in [3.8, 4) is 22.2 Å². The van der Waals surface area contributed by atoms with Gasteiger partial charge in [-0.3, -0.25) is 9.69 Å². The number of hydrogen-bond donors (Lipinski definition) is 3. The summed E-state index contributed by atoms with van der Waals surface area (Å²) in [6, 6.07) is 8.74. The normalized spacial score (nSPS) is 13.3. The van der Waals surface area contributed by atoms with E-state index < -0.39 is 36.1 Å². The van der Waals surface area contributed by atoms with Crippen molar-refractivity contribution in [1.82, 2.24) is 25.3 Å². The molecule has 14 heteroatoms. The third-order valence-electron chi connectivity index (χ3n) is 7.07. The Morgan fingerprint density at radius 3 is 2.51 bits per heavy atom. The van der Waals surface area contributed by atoms with Crippen LogP contribution >= 0.6 is 11.3 Å². The van der Waals surface area contributed by atoms with Gasteiger partial charge in [0.2, 0.25) is 5.88 Å². The third-order valence-corrected chi connectivity index (χ3v) is 8.12. The number of nitrogens with one attached hydrogen (secondary N) is 1. The predicted molar refractivity (Wildman–Crippen MR) is 168 cm³/mol. The number of carbonyl (C=O) groups excluding carboxylic acids is 1. The maximum atomic E-state index is 15.3. The molecule has 0 saturated heterocycles. The standard InChI is InChI=1S/C31H31FN6O6S/c1-15-8-20(28-24(9-15)36-27(43-5)14-34-28)30-37-23-10-21(32)25(11-26(23)45-30)44-18(4)17(3)38(31(41)42)19-6-7-22(33-13-19)29(40)35-12-16(2)39/h6-11,13-14,16-18,39H,12H2,1-5H3,(H,35,40)(H,41,42). The zero-order valence-corrected chi connectivity index (χ0v) is 25.9. The number of anilines is 1. The molecule has 12 nitrogen and oxygen atoms in total. The van der Waals surface area contributed by atoms with Crippen LogP contribution in [-0.2, 0) is 0 Å². The first-order valence-corrected chi connectivity index (χ1v) is 14.8. The van der Waals surface area contributed by atoms with Gasteiger partial charge in [-0.25, -0.2) is 29.1 Å². The second-order valence-corrected chi connectivity index (χ2v) is 11.6. The fourth-order valence-corrected chi connectivity index (χ4v) is 5.66. The van der Waals surface area contributed by atoms with Gasteiger partial charge in [-0.2, -0.15) is 0 Å². The number of ether oxygens (including phenoxy) is 2. The average molecular weight is 635 g/mol. The molecule has 3 N–H and O–H groups in total. The SMILES string of the molecule is COc1cnc2c(-c3nc4cc(F)c(OC(C)C(C)N(C(=O)O)c5ccc(C(=O)NCC(C)O)nc5)cc4s3)cc(C)cc2n1. The smallest absolute Gasteiger partial charge is 0.412 e. The van der Waals surface area contributed by atoms with Gasteiger partial charge in [0.05, 0.1) is 58.6 Å². The lowest BCUT2D eigenvalue weighted by molar-refractivity contribution is 0.0919. The lowest BCUT2D eigenvalue weighted by atomic mass is 10.1. The molecule has 5 rings (SSSR count). The highest BCUT2D eigenvalue weighted by Crippen LogP contribution is 2.37. The van der Waals surface area contributed by atoms with Crippen molar-refractivity contribution < 1.29 is 33.7 Å². The summed E-state index contributed by atoms with van der Waals surface area (Å²) in [5.41, 5.74) is 3.68. The van der Waals surface area contributed by atoms with E-state index in [0.29, 0.717) is 32.1 Å². The molecule has 3 atom stereocenters. The highest BCUT2D eigenvalue weighted by atomic mass is 32.1. The number of nitrogens with zero attached hydrogens (tertiary/aromatic N) is 5. The Morgan fingerprint density at radius 2 is 1.84 bits per heavy atom. The Hall–Kier alpha value is -4.95. The van der Waals surface area contributed by atoms with Gasteiger partial charge in [0.15, 0.2) is 11.6 Å². The zero-order valence-electron chi connectivity index (χ0n) is 25.1. The number of fused-ring (bicyclic) bond motifs is 2. The summed E-state index contributed by atoms with van der Waals surface area (Å²) in [6.07, 6.45) is -0.00449. The van der Waals surface area contributed by atoms with E-state index in [0.717, 1.165) is 16.0 Å². The number of benzene rings is 2. The minimum absolute atomic E-state index is 0.0494. The number of amides is 2. The minimum Gasteiger partial charge on any atom is -0.485 e. The van der Waals surface area contributed by atoms with Crippen LogP contribution in [0.3, 0.4) is 0 Å². The summed E-state index contributed by atoms with van der Waals surface area (Å²) in [5.74, 6) is -0.811. The van der Waals surface area contributed by atoms with Gasteiger partial charge < -0.3 is 25.0 Å². The maximum Gasteiger partial charge on any atom is 0.412 e. The number of hydrogen-bond acceptors (Lipinski definition) is 10. The van der Waals surface area contributed by atoms with E-state index in [1.807, 2.05) is 19.1 Å². The number of aliphatic hydroxyl groups excluding tert-OH is 1. The fraction of sp³-hybridized carbons (Fsp3) is 0.290. The molecule has 2 aromatic carbocycles. The largest absolute Gasteiger partial charge is 0.485 e. The van der Waals surface area contributed by atoms with E-state index in [1.54, 1.807) is 19.9 Å². The van der Waals surface area contributed by atoms with Crippen LogP contribution in [0.1, 0.15) is 36.8 Å². The van der Waals surface area contributed by atoms with Crippen LogP contribution in [0.15, 0.2) is 48.8 Å². The fourth-order valence-electron chi connectivity index (χ4n) is 4.67. The molecule has 3 unspecified atom stereocenters. The maximum absolute atomic E-state index is 15.3. The summed E-state index contributed by atoms with van der Waals surface area (Å²) in [4.78, 5) is 43.3. The quantitative estimate of drug-likeness (QED) is 0.186. The highest BCUT2D eigenvalue weighted by molar-refractivity contribution is 7.21. The van der Waals surface area contributed by atoms with Gasteiger partial charge in [0.1, 0.15) is 16.8 Å². The Morgan fingerprint density at radius 1 is 1.07 bits per heavy atom. The minimum atomic E-state index is -1.28. The van der Waals surface area contributed by atoms with Crippen LogP contribution in [0.25, 0.3) is 31.8 Å². The second-order valence-electron chi connectivity index (χ2n) is 10.5. The van der Waals surface area contributed by atoms with E-state index in [4.69, 9.17) is 9.47 Å². The molecule has 2 amide bonds. The number of pyridine rings is 1. The first-order chi connectivity index (χ1) is 21.4. The Labute approximate surface area is 261 Å². The van der Waals surface area contributed by atoms with Crippen LogP contribution in [0.5, 0.6) is 11.6 Å². The van der Waals surface area contributed by atoms with Gasteiger partial charge >= 0.3 is 6.09 Å². The van der Waals surface area contributed by atoms with Crippen LogP contribution < -0.4 is 19.7 Å². The molecular formula is C31H31FN6O6S. The molecule has 0 aliphatic carbocycles. The van der Waals surface area contributed by atoms with Crippen LogP contribution in [0, 0.1) is 12.7 Å². The highest BCUT2D eigenvalue weighted by Gasteiger charge is 2.29. The summed E-state index contributed by atoms with van der Waals surface area (Å²) in [7, 11) is 1.52. The summed E-state index contributed by atoms with van der Waals surface area (Å²) in [5, 5.41) is 22.5. The molecule has 0 spiro atoms. The number of halogens is 1. The van der Waals surface area contributed by atoms with Crippen LogP contribution in [0.2, 0.25) is 0 Å². The number of carbonyl (C=O) groups is 2. The molecule has 3 heterocycles. The van der Waals surface area contributed by atoms with Crippen LogP contribution in [0.4, 0.5) is 14.9 Å². The molecule has 0 aliphatic heterocycles. The van der Waals surface area contributed by atoms with Crippen LogP contribution in [-0.4, -0.2) is 74.1 Å². The molecule has 5 aromatic rings. The topological polar surface area (TPSA) is 160 Å². The van der Waals surface area contributed by atoms with Crippen molar-refractivity contribution >= 4 is 50.3 Å². The predicted octanol–water partition coefficient (Wildman–Crippen LogP) is 5.21. The molecular weight excluding hydrogens is 603 g/mol. The first kappa shape index (κ1) is 31.5. The number of thiazole rings is 1. The Kier molecular flexibility index (Phi) is 9.06. The molecule has 45 heavy (non-hydrogen) atoms. The van der Waals surface area contributed by atoms with Crippen molar-refractivity contribution in [2.24, 2.45) is 0 Å². The van der Waals surface area contributed by atoms with Gasteiger partial charge in [0.25, 0.3) is 5.91 Å². The van der Waals surface area contributed by atoms with Crippen molar-refractivity contribution in [2.45, 2.75) is 45.9 Å². The van der Waals surface area contributed by atoms with E-state index >= 15 is 4.39 Å². The lowest BCUT2D eigenvalue weighted by Crippen LogP contribution is -2.46. The molecule has 0 aliphatic rings. The molecule has 0 radical (unpaired) electrons. The zero-order chi connectivity index (χ0) is 32.4. The summed E-state index contributed by atoms with van der Waals surface area (Å²) >= 11 is 1.34. The molecule has 0 bridgehead atoms.